The lowest BCUT2D eigenvalue weighted by molar-refractivity contribution is -0.139. The second-order valence-corrected chi connectivity index (χ2v) is 8.41. The average Bonchev–Trinajstić information content (AvgIpc) is 3.34. The number of guanidine groups is 1. The van der Waals surface area contributed by atoms with Gasteiger partial charge >= 0.3 is 6.03 Å². The number of hydrogen-bond donors (Lipinski definition) is 1. The molecule has 3 aliphatic rings. The molecule has 9 heteroatoms. The number of anilines is 1. The zero-order valence-electron chi connectivity index (χ0n) is 18.6. The monoisotopic (exact) mass is 444 g/mol. The van der Waals surface area contributed by atoms with E-state index in [0.717, 1.165) is 33.0 Å². The van der Waals surface area contributed by atoms with Crippen LogP contribution in [-0.4, -0.2) is 64.3 Å². The number of urea groups is 1. The third-order valence-electron chi connectivity index (χ3n) is 6.41. The number of nitrogens with two attached hydrogens (primary N) is 1. The first-order valence-electron chi connectivity index (χ1n) is 10.7. The Morgan fingerprint density at radius 3 is 2.48 bits per heavy atom. The summed E-state index contributed by atoms with van der Waals surface area (Å²) >= 11 is 0. The van der Waals surface area contributed by atoms with Crippen LogP contribution in [0.1, 0.15) is 16.7 Å². The van der Waals surface area contributed by atoms with Gasteiger partial charge in [-0.15, -0.1) is 0 Å². The summed E-state index contributed by atoms with van der Waals surface area (Å²) in [5, 5.41) is 0. The lowest BCUT2D eigenvalue weighted by Crippen LogP contribution is -2.65. The van der Waals surface area contributed by atoms with Gasteiger partial charge in [0.15, 0.2) is 12.2 Å². The normalized spacial score (nSPS) is 21.8. The number of aliphatic imine (C=N–C) groups is 1. The molecule has 4 amide bonds. The first-order valence-corrected chi connectivity index (χ1v) is 10.7. The van der Waals surface area contributed by atoms with Crippen molar-refractivity contribution in [1.29, 1.82) is 0 Å². The van der Waals surface area contributed by atoms with Gasteiger partial charge in [0, 0.05) is 18.8 Å². The van der Waals surface area contributed by atoms with E-state index in [1.165, 1.54) is 4.90 Å². The van der Waals surface area contributed by atoms with Crippen LogP contribution in [0.5, 0.6) is 0 Å². The van der Waals surface area contributed by atoms with Crippen molar-refractivity contribution < 1.29 is 14.4 Å². The lowest BCUT2D eigenvalue weighted by atomic mass is 10.1. The SMILES string of the molecule is Cc1cccc(N2C(c3ccccc3)=CN3C2=NC2C3C(=O)N(CC(N)=O)C(=O)N2C)c1C. The summed E-state index contributed by atoms with van der Waals surface area (Å²) in [5.41, 5.74) is 10.3. The van der Waals surface area contributed by atoms with E-state index < -0.39 is 36.6 Å². The summed E-state index contributed by atoms with van der Waals surface area (Å²) in [5.74, 6) is -0.680. The van der Waals surface area contributed by atoms with Crippen molar-refractivity contribution >= 4 is 35.2 Å². The largest absolute Gasteiger partial charge is 0.368 e. The van der Waals surface area contributed by atoms with Gasteiger partial charge in [-0.05, 0) is 31.0 Å². The molecule has 2 atom stereocenters. The molecular formula is C24H24N6O3. The summed E-state index contributed by atoms with van der Waals surface area (Å²) in [6.45, 7) is 3.63. The fraction of sp³-hybridized carbons (Fsp3) is 0.250. The standard InChI is InChI=1S/C24H24N6O3/c1-14-8-7-11-17(15(14)2)30-18(16-9-5-4-6-10-16)12-28-20-21(26-23(28)30)27(3)24(33)29(22(20)32)13-19(25)31/h4-12,20-21H,13H2,1-3H3,(H2,25,31). The van der Waals surface area contributed by atoms with Crippen molar-refractivity contribution in [3.05, 3.63) is 71.4 Å². The van der Waals surface area contributed by atoms with Crippen LogP contribution in [0.15, 0.2) is 59.7 Å². The first kappa shape index (κ1) is 20.7. The van der Waals surface area contributed by atoms with Gasteiger partial charge in [0.05, 0.1) is 11.4 Å². The molecule has 2 aromatic rings. The summed E-state index contributed by atoms with van der Waals surface area (Å²) < 4.78 is 0. The fourth-order valence-electron chi connectivity index (χ4n) is 4.56. The van der Waals surface area contributed by atoms with Gasteiger partial charge in [-0.25, -0.2) is 9.79 Å². The van der Waals surface area contributed by atoms with Crippen molar-refractivity contribution in [2.45, 2.75) is 26.1 Å². The van der Waals surface area contributed by atoms with E-state index >= 15 is 0 Å². The van der Waals surface area contributed by atoms with Crippen LogP contribution < -0.4 is 10.6 Å². The molecule has 3 aliphatic heterocycles. The average molecular weight is 444 g/mol. The number of likely N-dealkylation sites (N-methyl/N-ethyl adjacent to an activating group) is 1. The predicted octanol–water partition coefficient (Wildman–Crippen LogP) is 1.87. The molecule has 9 nitrogen and oxygen atoms in total. The number of benzene rings is 2. The number of aryl methyl sites for hydroxylation is 1. The Kier molecular flexibility index (Phi) is 4.70. The Bertz CT molecular complexity index is 1240. The zero-order chi connectivity index (χ0) is 23.4. The summed E-state index contributed by atoms with van der Waals surface area (Å²) in [6, 6.07) is 14.5. The van der Waals surface area contributed by atoms with Crippen molar-refractivity contribution in [3.63, 3.8) is 0 Å². The Hall–Kier alpha value is -4.14. The van der Waals surface area contributed by atoms with Crippen LogP contribution in [0.4, 0.5) is 10.5 Å². The van der Waals surface area contributed by atoms with Gasteiger partial charge in [0.25, 0.3) is 5.91 Å². The second-order valence-electron chi connectivity index (χ2n) is 8.41. The van der Waals surface area contributed by atoms with Crippen molar-refractivity contribution in [1.82, 2.24) is 14.7 Å². The molecule has 5 rings (SSSR count). The van der Waals surface area contributed by atoms with Crippen molar-refractivity contribution in [2.24, 2.45) is 10.7 Å². The minimum atomic E-state index is -0.782. The highest BCUT2D eigenvalue weighted by molar-refractivity contribution is 6.16. The summed E-state index contributed by atoms with van der Waals surface area (Å²) in [4.78, 5) is 48.6. The van der Waals surface area contributed by atoms with Crippen molar-refractivity contribution in [3.8, 4) is 0 Å². The van der Waals surface area contributed by atoms with Gasteiger partial charge in [0.1, 0.15) is 6.54 Å². The van der Waals surface area contributed by atoms with E-state index in [0.29, 0.717) is 5.96 Å². The highest BCUT2D eigenvalue weighted by Gasteiger charge is 2.55. The van der Waals surface area contributed by atoms with Gasteiger partial charge in [-0.3, -0.25) is 24.3 Å². The van der Waals surface area contributed by atoms with Gasteiger partial charge in [0.2, 0.25) is 11.9 Å². The van der Waals surface area contributed by atoms with Gasteiger partial charge < -0.3 is 10.6 Å². The van der Waals surface area contributed by atoms with Gasteiger partial charge in [-0.1, -0.05) is 42.5 Å². The molecule has 0 bridgehead atoms. The Morgan fingerprint density at radius 2 is 1.79 bits per heavy atom. The number of fused-ring (bicyclic) bond motifs is 3. The number of imide groups is 1. The Labute approximate surface area is 191 Å². The topological polar surface area (TPSA) is 103 Å². The number of primary amides is 1. The number of carbonyl (C=O) groups excluding carboxylic acids is 3. The second kappa shape index (κ2) is 7.47. The highest BCUT2D eigenvalue weighted by Crippen LogP contribution is 2.41. The van der Waals surface area contributed by atoms with Crippen LogP contribution in [0, 0.1) is 13.8 Å². The minimum absolute atomic E-state index is 0.468. The Morgan fingerprint density at radius 1 is 1.06 bits per heavy atom. The minimum Gasteiger partial charge on any atom is -0.368 e. The highest BCUT2D eigenvalue weighted by atomic mass is 16.2. The number of carbonyl (C=O) groups is 3. The number of amides is 4. The van der Waals surface area contributed by atoms with E-state index in [9.17, 15) is 14.4 Å². The van der Waals surface area contributed by atoms with E-state index in [-0.39, 0.29) is 0 Å². The predicted molar refractivity (Wildman–Crippen MR) is 124 cm³/mol. The van der Waals surface area contributed by atoms with Crippen LogP contribution in [0.25, 0.3) is 5.70 Å². The quantitative estimate of drug-likeness (QED) is 0.776. The van der Waals surface area contributed by atoms with E-state index in [1.54, 1.807) is 11.9 Å². The lowest BCUT2D eigenvalue weighted by Gasteiger charge is -2.39. The molecule has 1 saturated heterocycles. The fourth-order valence-corrected chi connectivity index (χ4v) is 4.56. The van der Waals surface area contributed by atoms with Crippen molar-refractivity contribution in [2.75, 3.05) is 18.5 Å². The maximum Gasteiger partial charge on any atom is 0.328 e. The molecule has 168 valence electrons. The van der Waals surface area contributed by atoms with Crippen LogP contribution in [-0.2, 0) is 9.59 Å². The first-order chi connectivity index (χ1) is 15.8. The smallest absolute Gasteiger partial charge is 0.328 e. The molecule has 0 aliphatic carbocycles. The van der Waals surface area contributed by atoms with Crippen LogP contribution in [0.2, 0.25) is 0 Å². The molecule has 0 spiro atoms. The van der Waals surface area contributed by atoms with E-state index in [4.69, 9.17) is 10.7 Å². The maximum atomic E-state index is 13.4. The van der Waals surface area contributed by atoms with Crippen LogP contribution >= 0.6 is 0 Å². The Balaban J connectivity index is 1.64. The molecular weight excluding hydrogens is 420 g/mol. The number of rotatable bonds is 4. The van der Waals surface area contributed by atoms with E-state index in [2.05, 4.69) is 0 Å². The summed E-state index contributed by atoms with van der Waals surface area (Å²) in [6.07, 6.45) is 1.19. The molecule has 0 saturated carbocycles. The maximum absolute atomic E-state index is 13.4. The molecule has 2 aromatic carbocycles. The van der Waals surface area contributed by atoms with Gasteiger partial charge in [-0.2, -0.15) is 0 Å². The third kappa shape index (κ3) is 3.07. The van der Waals surface area contributed by atoms with Crippen LogP contribution in [0.3, 0.4) is 0 Å². The third-order valence-corrected chi connectivity index (χ3v) is 6.41. The van der Waals surface area contributed by atoms with E-state index in [1.807, 2.05) is 73.5 Å². The number of hydrogen-bond acceptors (Lipinski definition) is 6. The molecule has 2 N–H and O–H groups in total. The summed E-state index contributed by atoms with van der Waals surface area (Å²) in [7, 11) is 1.58. The molecule has 3 heterocycles. The number of nitrogens with zero attached hydrogens (tertiary/aromatic N) is 5. The zero-order valence-corrected chi connectivity index (χ0v) is 18.6. The molecule has 1 fully saturated rings. The molecule has 0 aromatic heterocycles. The molecule has 2 unspecified atom stereocenters. The molecule has 0 radical (unpaired) electrons. The molecule has 33 heavy (non-hydrogen) atoms.